The standard InChI is InChI=1S/C10H6BrCl2NO/c11-7-3-6(1-2-8(7)13)9-5-14-10(4-12)15-9/h1-3,5H,4H2. The van der Waals surface area contributed by atoms with Crippen molar-refractivity contribution >= 4 is 39.1 Å². The molecule has 0 spiro atoms. The van der Waals surface area contributed by atoms with E-state index >= 15 is 0 Å². The highest BCUT2D eigenvalue weighted by Crippen LogP contribution is 2.29. The Hall–Kier alpha value is -0.510. The van der Waals surface area contributed by atoms with Crippen LogP contribution in [-0.4, -0.2) is 4.98 Å². The van der Waals surface area contributed by atoms with Gasteiger partial charge in [0.05, 0.1) is 17.1 Å². The van der Waals surface area contributed by atoms with Gasteiger partial charge >= 0.3 is 0 Å². The highest BCUT2D eigenvalue weighted by atomic mass is 79.9. The summed E-state index contributed by atoms with van der Waals surface area (Å²) >= 11 is 14.8. The van der Waals surface area contributed by atoms with Crippen molar-refractivity contribution in [1.82, 2.24) is 4.98 Å². The Kier molecular flexibility index (Phi) is 3.34. The lowest BCUT2D eigenvalue weighted by Gasteiger charge is -1.99. The molecule has 2 aromatic rings. The summed E-state index contributed by atoms with van der Waals surface area (Å²) in [7, 11) is 0. The van der Waals surface area contributed by atoms with Crippen molar-refractivity contribution in [3.05, 3.63) is 39.8 Å². The molecule has 0 bridgehead atoms. The van der Waals surface area contributed by atoms with Crippen LogP contribution < -0.4 is 0 Å². The van der Waals surface area contributed by atoms with E-state index in [0.717, 1.165) is 10.0 Å². The van der Waals surface area contributed by atoms with E-state index in [4.69, 9.17) is 27.6 Å². The van der Waals surface area contributed by atoms with Gasteiger partial charge in [-0.3, -0.25) is 0 Å². The average molecular weight is 307 g/mol. The molecule has 2 rings (SSSR count). The van der Waals surface area contributed by atoms with Crippen LogP contribution in [0, 0.1) is 0 Å². The fourth-order valence-electron chi connectivity index (χ4n) is 1.15. The molecular weight excluding hydrogens is 301 g/mol. The van der Waals surface area contributed by atoms with Crippen LogP contribution in [0.2, 0.25) is 5.02 Å². The number of oxazole rings is 1. The topological polar surface area (TPSA) is 26.0 Å². The SMILES string of the molecule is ClCc1ncc(-c2ccc(Cl)c(Br)c2)o1. The molecule has 5 heteroatoms. The summed E-state index contributed by atoms with van der Waals surface area (Å²) in [5.74, 6) is 1.47. The van der Waals surface area contributed by atoms with Crippen LogP contribution in [0.1, 0.15) is 5.89 Å². The van der Waals surface area contributed by atoms with Crippen molar-refractivity contribution in [1.29, 1.82) is 0 Å². The highest BCUT2D eigenvalue weighted by Gasteiger charge is 2.07. The van der Waals surface area contributed by atoms with Gasteiger partial charge in [-0.1, -0.05) is 11.6 Å². The minimum atomic E-state index is 0.273. The molecule has 0 aliphatic carbocycles. The first-order valence-corrected chi connectivity index (χ1v) is 5.87. The number of benzene rings is 1. The van der Waals surface area contributed by atoms with E-state index in [9.17, 15) is 0 Å². The number of halogens is 3. The third-order valence-corrected chi connectivity index (χ3v) is 3.31. The van der Waals surface area contributed by atoms with Gasteiger partial charge in [0.15, 0.2) is 5.76 Å². The molecule has 15 heavy (non-hydrogen) atoms. The van der Waals surface area contributed by atoms with Gasteiger partial charge in [0, 0.05) is 10.0 Å². The first kappa shape index (κ1) is 11.0. The summed E-state index contributed by atoms with van der Waals surface area (Å²) in [6, 6.07) is 5.54. The van der Waals surface area contributed by atoms with Gasteiger partial charge in [0.25, 0.3) is 0 Å². The summed E-state index contributed by atoms with van der Waals surface area (Å²) in [5.41, 5.74) is 0.912. The van der Waals surface area contributed by atoms with E-state index in [0.29, 0.717) is 16.7 Å². The van der Waals surface area contributed by atoms with Gasteiger partial charge in [0.2, 0.25) is 5.89 Å². The lowest BCUT2D eigenvalue weighted by molar-refractivity contribution is 0.529. The maximum atomic E-state index is 5.89. The second-order valence-electron chi connectivity index (χ2n) is 2.88. The fourth-order valence-corrected chi connectivity index (χ4v) is 1.77. The molecular formula is C10H6BrCl2NO. The van der Waals surface area contributed by atoms with E-state index in [1.54, 1.807) is 12.3 Å². The molecule has 0 aliphatic rings. The number of hydrogen-bond acceptors (Lipinski definition) is 2. The van der Waals surface area contributed by atoms with Crippen LogP contribution in [0.3, 0.4) is 0 Å². The van der Waals surface area contributed by atoms with Gasteiger partial charge in [-0.25, -0.2) is 4.98 Å². The molecule has 0 amide bonds. The summed E-state index contributed by atoms with van der Waals surface area (Å²) in [6.07, 6.45) is 1.65. The minimum Gasteiger partial charge on any atom is -0.439 e. The van der Waals surface area contributed by atoms with E-state index in [1.165, 1.54) is 0 Å². The molecule has 0 saturated carbocycles. The van der Waals surface area contributed by atoms with Crippen LogP contribution >= 0.6 is 39.1 Å². The molecule has 78 valence electrons. The van der Waals surface area contributed by atoms with Crippen LogP contribution in [0.15, 0.2) is 33.3 Å². The number of hydrogen-bond donors (Lipinski definition) is 0. The molecule has 0 fully saturated rings. The van der Waals surface area contributed by atoms with Crippen molar-refractivity contribution in [2.75, 3.05) is 0 Å². The third-order valence-electron chi connectivity index (χ3n) is 1.87. The summed E-state index contributed by atoms with van der Waals surface area (Å²) in [4.78, 5) is 4.02. The molecule has 0 radical (unpaired) electrons. The lowest BCUT2D eigenvalue weighted by Crippen LogP contribution is -1.75. The predicted octanol–water partition coefficient (Wildman–Crippen LogP) is 4.50. The highest BCUT2D eigenvalue weighted by molar-refractivity contribution is 9.10. The van der Waals surface area contributed by atoms with E-state index in [-0.39, 0.29) is 5.88 Å². The summed E-state index contributed by atoms with van der Waals surface area (Å²) < 4.78 is 6.23. The van der Waals surface area contributed by atoms with E-state index < -0.39 is 0 Å². The van der Waals surface area contributed by atoms with Crippen LogP contribution in [0.5, 0.6) is 0 Å². The van der Waals surface area contributed by atoms with Crippen LogP contribution in [0.25, 0.3) is 11.3 Å². The molecule has 0 N–H and O–H groups in total. The summed E-state index contributed by atoms with van der Waals surface area (Å²) in [6.45, 7) is 0. The molecule has 0 unspecified atom stereocenters. The second-order valence-corrected chi connectivity index (χ2v) is 4.41. The maximum Gasteiger partial charge on any atom is 0.209 e. The first-order valence-electron chi connectivity index (χ1n) is 4.17. The smallest absolute Gasteiger partial charge is 0.209 e. The zero-order valence-electron chi connectivity index (χ0n) is 7.51. The van der Waals surface area contributed by atoms with Gasteiger partial charge in [-0.2, -0.15) is 0 Å². The zero-order chi connectivity index (χ0) is 10.8. The number of alkyl halides is 1. The molecule has 1 aromatic carbocycles. The minimum absolute atomic E-state index is 0.273. The maximum absolute atomic E-state index is 5.89. The Morgan fingerprint density at radius 3 is 2.80 bits per heavy atom. The van der Waals surface area contributed by atoms with Gasteiger partial charge in [-0.15, -0.1) is 11.6 Å². The molecule has 0 atom stereocenters. The van der Waals surface area contributed by atoms with E-state index in [2.05, 4.69) is 20.9 Å². The third kappa shape index (κ3) is 2.36. The Labute approximate surface area is 105 Å². The van der Waals surface area contributed by atoms with Crippen molar-refractivity contribution in [2.24, 2.45) is 0 Å². The van der Waals surface area contributed by atoms with Gasteiger partial charge < -0.3 is 4.42 Å². The van der Waals surface area contributed by atoms with Crippen molar-refractivity contribution in [2.45, 2.75) is 5.88 Å². The second kappa shape index (κ2) is 4.56. The number of nitrogens with zero attached hydrogens (tertiary/aromatic N) is 1. The molecule has 2 nitrogen and oxygen atoms in total. The summed E-state index contributed by atoms with van der Waals surface area (Å²) in [5, 5.41) is 0.663. The van der Waals surface area contributed by atoms with Crippen molar-refractivity contribution in [3.63, 3.8) is 0 Å². The Morgan fingerprint density at radius 2 is 2.20 bits per heavy atom. The molecule has 1 aromatic heterocycles. The fraction of sp³-hybridized carbons (Fsp3) is 0.100. The largest absolute Gasteiger partial charge is 0.439 e. The van der Waals surface area contributed by atoms with Crippen molar-refractivity contribution < 1.29 is 4.42 Å². The normalized spacial score (nSPS) is 10.6. The molecule has 1 heterocycles. The quantitative estimate of drug-likeness (QED) is 0.764. The monoisotopic (exact) mass is 305 g/mol. The van der Waals surface area contributed by atoms with E-state index in [1.807, 2.05) is 12.1 Å². The van der Waals surface area contributed by atoms with Crippen molar-refractivity contribution in [3.8, 4) is 11.3 Å². The Bertz CT molecular complexity index is 484. The average Bonchev–Trinajstić information content (AvgIpc) is 2.70. The zero-order valence-corrected chi connectivity index (χ0v) is 10.6. The van der Waals surface area contributed by atoms with Crippen LogP contribution in [-0.2, 0) is 5.88 Å². The lowest BCUT2D eigenvalue weighted by atomic mass is 10.2. The van der Waals surface area contributed by atoms with Gasteiger partial charge in [0.1, 0.15) is 0 Å². The molecule has 0 saturated heterocycles. The number of rotatable bonds is 2. The predicted molar refractivity (Wildman–Crippen MR) is 64.2 cm³/mol. The Morgan fingerprint density at radius 1 is 1.40 bits per heavy atom. The first-order chi connectivity index (χ1) is 7.20. The van der Waals surface area contributed by atoms with Crippen LogP contribution in [0.4, 0.5) is 0 Å². The Balaban J connectivity index is 2.40. The molecule has 0 aliphatic heterocycles. The van der Waals surface area contributed by atoms with Gasteiger partial charge in [-0.05, 0) is 34.1 Å². The number of aromatic nitrogens is 1.